The van der Waals surface area contributed by atoms with Crippen LogP contribution in [0.25, 0.3) is 0 Å². The maximum absolute atomic E-state index is 5.99. The van der Waals surface area contributed by atoms with Gasteiger partial charge >= 0.3 is 0 Å². The van der Waals surface area contributed by atoms with Crippen LogP contribution in [0.2, 0.25) is 5.02 Å². The molecule has 0 fully saturated rings. The molecule has 0 aliphatic rings. The van der Waals surface area contributed by atoms with Gasteiger partial charge in [-0.1, -0.05) is 18.5 Å². The van der Waals surface area contributed by atoms with Crippen molar-refractivity contribution in [2.24, 2.45) is 7.05 Å². The molecule has 1 aromatic carbocycles. The molecule has 2 rings (SSSR count). The topological polar surface area (TPSA) is 39.1 Å². The van der Waals surface area contributed by atoms with Crippen LogP contribution < -0.4 is 10.1 Å². The van der Waals surface area contributed by atoms with Gasteiger partial charge in [-0.25, -0.2) is 0 Å². The predicted molar refractivity (Wildman–Crippen MR) is 77.9 cm³/mol. The first-order valence-electron chi connectivity index (χ1n) is 6.23. The van der Waals surface area contributed by atoms with Crippen molar-refractivity contribution >= 4 is 17.3 Å². The van der Waals surface area contributed by atoms with Gasteiger partial charge in [-0.05, 0) is 24.6 Å². The summed E-state index contributed by atoms with van der Waals surface area (Å²) in [5, 5.41) is 8.37. The van der Waals surface area contributed by atoms with Crippen LogP contribution in [-0.4, -0.2) is 16.9 Å². The van der Waals surface area contributed by atoms with Crippen molar-refractivity contribution in [1.82, 2.24) is 9.78 Å². The molecule has 0 aliphatic heterocycles. The number of benzene rings is 1. The van der Waals surface area contributed by atoms with Crippen LogP contribution in [0.4, 0.5) is 5.69 Å². The van der Waals surface area contributed by atoms with Gasteiger partial charge in [-0.15, -0.1) is 0 Å². The lowest BCUT2D eigenvalue weighted by Crippen LogP contribution is -2.05. The average molecular weight is 280 g/mol. The van der Waals surface area contributed by atoms with Crippen molar-refractivity contribution in [1.29, 1.82) is 0 Å². The fourth-order valence-electron chi connectivity index (χ4n) is 1.87. The maximum atomic E-state index is 5.99. The highest BCUT2D eigenvalue weighted by Gasteiger charge is 2.05. The first-order valence-corrected chi connectivity index (χ1v) is 6.61. The summed E-state index contributed by atoms with van der Waals surface area (Å²) < 4.78 is 7.10. The summed E-state index contributed by atoms with van der Waals surface area (Å²) in [6.07, 6.45) is 0.947. The number of hydrogen-bond donors (Lipinski definition) is 1. The van der Waals surface area contributed by atoms with Crippen molar-refractivity contribution in [2.75, 3.05) is 12.4 Å². The van der Waals surface area contributed by atoms with Crippen molar-refractivity contribution < 1.29 is 4.74 Å². The van der Waals surface area contributed by atoms with Crippen LogP contribution >= 0.6 is 11.6 Å². The van der Waals surface area contributed by atoms with Crippen LogP contribution in [0, 0.1) is 0 Å². The third-order valence-electron chi connectivity index (χ3n) is 3.01. The van der Waals surface area contributed by atoms with E-state index in [2.05, 4.69) is 23.4 Å². The van der Waals surface area contributed by atoms with Crippen molar-refractivity contribution in [3.05, 3.63) is 40.7 Å². The van der Waals surface area contributed by atoms with Crippen LogP contribution in [0.15, 0.2) is 24.3 Å². The summed E-state index contributed by atoms with van der Waals surface area (Å²) in [6.45, 7) is 2.82. The van der Waals surface area contributed by atoms with Crippen molar-refractivity contribution in [2.45, 2.75) is 19.9 Å². The maximum Gasteiger partial charge on any atom is 0.139 e. The lowest BCUT2D eigenvalue weighted by molar-refractivity contribution is 0.415. The number of hydrogen-bond acceptors (Lipinski definition) is 3. The minimum Gasteiger partial charge on any atom is -0.495 e. The zero-order valence-electron chi connectivity index (χ0n) is 11.4. The highest BCUT2D eigenvalue weighted by molar-refractivity contribution is 6.32. The quantitative estimate of drug-likeness (QED) is 0.913. The predicted octanol–water partition coefficient (Wildman–Crippen LogP) is 3.26. The highest BCUT2D eigenvalue weighted by atomic mass is 35.5. The zero-order chi connectivity index (χ0) is 13.8. The number of halogens is 1. The zero-order valence-corrected chi connectivity index (χ0v) is 12.2. The lowest BCUT2D eigenvalue weighted by Gasteiger charge is -2.09. The van der Waals surface area contributed by atoms with E-state index >= 15 is 0 Å². The average Bonchev–Trinajstić information content (AvgIpc) is 2.78. The molecule has 0 aliphatic carbocycles. The second-order valence-electron chi connectivity index (χ2n) is 4.31. The van der Waals surface area contributed by atoms with Crippen LogP contribution in [0.1, 0.15) is 18.3 Å². The Labute approximate surface area is 118 Å². The Morgan fingerprint density at radius 3 is 2.79 bits per heavy atom. The molecular weight excluding hydrogens is 262 g/mol. The minimum atomic E-state index is 0.613. The molecule has 0 saturated heterocycles. The molecule has 0 spiro atoms. The molecule has 0 saturated carbocycles. The Morgan fingerprint density at radius 1 is 1.37 bits per heavy atom. The summed E-state index contributed by atoms with van der Waals surface area (Å²) in [5.74, 6) is 0.672. The molecule has 2 aromatic rings. The number of anilines is 1. The van der Waals surface area contributed by atoms with Gasteiger partial charge in [-0.3, -0.25) is 4.68 Å². The van der Waals surface area contributed by atoms with E-state index in [1.165, 1.54) is 0 Å². The third kappa shape index (κ3) is 3.20. The van der Waals surface area contributed by atoms with Gasteiger partial charge in [-0.2, -0.15) is 5.10 Å². The largest absolute Gasteiger partial charge is 0.495 e. The Morgan fingerprint density at radius 2 is 2.16 bits per heavy atom. The van der Waals surface area contributed by atoms with E-state index in [4.69, 9.17) is 16.3 Å². The van der Waals surface area contributed by atoms with Gasteiger partial charge < -0.3 is 10.1 Å². The second-order valence-corrected chi connectivity index (χ2v) is 4.71. The van der Waals surface area contributed by atoms with E-state index in [9.17, 15) is 0 Å². The fourth-order valence-corrected chi connectivity index (χ4v) is 2.07. The smallest absolute Gasteiger partial charge is 0.139 e. The second kappa shape index (κ2) is 5.97. The number of ether oxygens (including phenoxy) is 1. The molecule has 102 valence electrons. The fraction of sp³-hybridized carbons (Fsp3) is 0.357. The van der Waals surface area contributed by atoms with E-state index in [0.29, 0.717) is 17.3 Å². The van der Waals surface area contributed by atoms with Crippen molar-refractivity contribution in [3.63, 3.8) is 0 Å². The number of nitrogens with one attached hydrogen (secondary N) is 1. The molecule has 0 atom stereocenters. The molecule has 1 N–H and O–H groups in total. The normalized spacial score (nSPS) is 10.5. The molecule has 0 bridgehead atoms. The van der Waals surface area contributed by atoms with Crippen LogP contribution in [-0.2, 0) is 20.0 Å². The third-order valence-corrected chi connectivity index (χ3v) is 3.33. The molecule has 1 heterocycles. The van der Waals surface area contributed by atoms with Crippen molar-refractivity contribution in [3.8, 4) is 5.75 Å². The SMILES string of the molecule is CCc1cc(CNc2ccc(Cl)c(OC)c2)n(C)n1. The van der Waals surface area contributed by atoms with E-state index in [0.717, 1.165) is 23.5 Å². The summed E-state index contributed by atoms with van der Waals surface area (Å²) in [6, 6.07) is 7.75. The molecule has 1 aromatic heterocycles. The van der Waals surface area contributed by atoms with E-state index in [1.54, 1.807) is 7.11 Å². The Bertz CT molecular complexity index is 566. The molecule has 4 nitrogen and oxygen atoms in total. The van der Waals surface area contributed by atoms with Crippen LogP contribution in [0.3, 0.4) is 0 Å². The lowest BCUT2D eigenvalue weighted by atomic mass is 10.2. The van der Waals surface area contributed by atoms with E-state index in [-0.39, 0.29) is 0 Å². The number of rotatable bonds is 5. The van der Waals surface area contributed by atoms with E-state index in [1.807, 2.05) is 29.9 Å². The summed E-state index contributed by atoms with van der Waals surface area (Å²) in [7, 11) is 3.57. The van der Waals surface area contributed by atoms with Gasteiger partial charge in [0.05, 0.1) is 30.1 Å². The molecule has 5 heteroatoms. The number of methoxy groups -OCH3 is 1. The number of nitrogens with zero attached hydrogens (tertiary/aromatic N) is 2. The standard InChI is InChI=1S/C14H18ClN3O/c1-4-10-7-12(18(2)17-10)9-16-11-5-6-13(15)14(8-11)19-3/h5-8,16H,4,9H2,1-3H3. The molecule has 0 unspecified atom stereocenters. The Balaban J connectivity index is 2.07. The van der Waals surface area contributed by atoms with Gasteiger partial charge in [0, 0.05) is 18.8 Å². The van der Waals surface area contributed by atoms with Crippen LogP contribution in [0.5, 0.6) is 5.75 Å². The minimum absolute atomic E-state index is 0.613. The first-order chi connectivity index (χ1) is 9.13. The molecule has 0 radical (unpaired) electrons. The Kier molecular flexibility index (Phi) is 4.32. The van der Waals surface area contributed by atoms with E-state index < -0.39 is 0 Å². The van der Waals surface area contributed by atoms with Gasteiger partial charge in [0.2, 0.25) is 0 Å². The summed E-state index contributed by atoms with van der Waals surface area (Å²) in [5.41, 5.74) is 3.22. The van der Waals surface area contributed by atoms with Gasteiger partial charge in [0.15, 0.2) is 0 Å². The highest BCUT2D eigenvalue weighted by Crippen LogP contribution is 2.27. The summed E-state index contributed by atoms with van der Waals surface area (Å²) >= 11 is 5.99. The monoisotopic (exact) mass is 279 g/mol. The number of aryl methyl sites for hydroxylation is 2. The van der Waals surface area contributed by atoms with Gasteiger partial charge in [0.25, 0.3) is 0 Å². The molecule has 19 heavy (non-hydrogen) atoms. The summed E-state index contributed by atoms with van der Waals surface area (Å²) in [4.78, 5) is 0. The molecular formula is C14H18ClN3O. The molecule has 0 amide bonds. The Hall–Kier alpha value is -1.68. The van der Waals surface area contributed by atoms with Gasteiger partial charge in [0.1, 0.15) is 5.75 Å². The first kappa shape index (κ1) is 13.7. The number of aromatic nitrogens is 2.